The molecule has 1 N–H and O–H groups in total. The quantitative estimate of drug-likeness (QED) is 0.623. The Morgan fingerprint density at radius 1 is 1.19 bits per heavy atom. The predicted molar refractivity (Wildman–Crippen MR) is 104 cm³/mol. The molecule has 1 unspecified atom stereocenters. The van der Waals surface area contributed by atoms with E-state index in [2.05, 4.69) is 10.3 Å². The number of hydrogen-bond acceptors (Lipinski definition) is 3. The third-order valence-corrected chi connectivity index (χ3v) is 5.23. The van der Waals surface area contributed by atoms with Gasteiger partial charge in [-0.05, 0) is 31.5 Å². The molecule has 27 heavy (non-hydrogen) atoms. The second kappa shape index (κ2) is 8.59. The molecule has 1 atom stereocenters. The third-order valence-electron chi connectivity index (χ3n) is 3.98. The van der Waals surface area contributed by atoms with E-state index in [1.54, 1.807) is 18.4 Å². The first-order valence-electron chi connectivity index (χ1n) is 8.35. The molecule has 0 saturated carbocycles. The summed E-state index contributed by atoms with van der Waals surface area (Å²) in [5.74, 6) is -1.48. The summed E-state index contributed by atoms with van der Waals surface area (Å²) in [6, 6.07) is 10.7. The molecule has 0 aliphatic carbocycles. The standard InChI is InChI=1S/C20H17ClF2N2OS/c1-12(9-15-17(22)7-4-8-18(15)23)24-19(26)10-13-11-27-20(25-13)14-5-2-3-6-16(14)21/h2-8,11-12H,9-10H2,1H3,(H,24,26). The zero-order valence-electron chi connectivity index (χ0n) is 14.5. The lowest BCUT2D eigenvalue weighted by Crippen LogP contribution is -2.35. The van der Waals surface area contributed by atoms with E-state index in [0.29, 0.717) is 10.7 Å². The monoisotopic (exact) mass is 406 g/mol. The molecule has 3 rings (SSSR count). The Morgan fingerprint density at radius 3 is 2.59 bits per heavy atom. The number of aromatic nitrogens is 1. The van der Waals surface area contributed by atoms with Gasteiger partial charge in [-0.2, -0.15) is 0 Å². The molecular formula is C20H17ClF2N2OS. The maximum Gasteiger partial charge on any atom is 0.226 e. The van der Waals surface area contributed by atoms with Gasteiger partial charge in [-0.25, -0.2) is 13.8 Å². The van der Waals surface area contributed by atoms with Crippen LogP contribution in [0.25, 0.3) is 10.6 Å². The van der Waals surface area contributed by atoms with Crippen molar-refractivity contribution in [2.24, 2.45) is 0 Å². The van der Waals surface area contributed by atoms with Crippen LogP contribution in [-0.4, -0.2) is 16.9 Å². The van der Waals surface area contributed by atoms with Gasteiger partial charge < -0.3 is 5.32 Å². The number of halogens is 3. The average Bonchev–Trinajstić information content (AvgIpc) is 3.06. The third kappa shape index (κ3) is 4.90. The number of rotatable bonds is 6. The van der Waals surface area contributed by atoms with Gasteiger partial charge in [0.25, 0.3) is 0 Å². The SMILES string of the molecule is CC(Cc1c(F)cccc1F)NC(=O)Cc1csc(-c2ccccc2Cl)n1. The molecule has 0 fully saturated rings. The number of nitrogens with zero attached hydrogens (tertiary/aromatic N) is 1. The Bertz CT molecular complexity index is 940. The van der Waals surface area contributed by atoms with Gasteiger partial charge in [0, 0.05) is 22.5 Å². The summed E-state index contributed by atoms with van der Waals surface area (Å²) in [7, 11) is 0. The van der Waals surface area contributed by atoms with Gasteiger partial charge in [0.15, 0.2) is 0 Å². The number of amides is 1. The number of carbonyl (C=O) groups is 1. The highest BCUT2D eigenvalue weighted by Gasteiger charge is 2.16. The van der Waals surface area contributed by atoms with Crippen molar-refractivity contribution in [2.45, 2.75) is 25.8 Å². The van der Waals surface area contributed by atoms with Crippen molar-refractivity contribution >= 4 is 28.8 Å². The molecule has 0 saturated heterocycles. The molecule has 140 valence electrons. The van der Waals surface area contributed by atoms with Gasteiger partial charge in [0.2, 0.25) is 5.91 Å². The molecule has 0 bridgehead atoms. The molecule has 7 heteroatoms. The first-order chi connectivity index (χ1) is 12.9. The summed E-state index contributed by atoms with van der Waals surface area (Å²) in [6.45, 7) is 1.71. The minimum Gasteiger partial charge on any atom is -0.353 e. The molecule has 2 aromatic carbocycles. The van der Waals surface area contributed by atoms with Gasteiger partial charge in [0.05, 0.1) is 17.1 Å². The van der Waals surface area contributed by atoms with E-state index in [4.69, 9.17) is 11.6 Å². The summed E-state index contributed by atoms with van der Waals surface area (Å²) in [5, 5.41) is 5.90. The molecule has 1 heterocycles. The van der Waals surface area contributed by atoms with Crippen LogP contribution in [0.4, 0.5) is 8.78 Å². The minimum atomic E-state index is -0.611. The van der Waals surface area contributed by atoms with Crippen LogP contribution in [0.1, 0.15) is 18.2 Å². The van der Waals surface area contributed by atoms with Gasteiger partial charge in [0.1, 0.15) is 16.6 Å². The molecule has 3 nitrogen and oxygen atoms in total. The highest BCUT2D eigenvalue weighted by molar-refractivity contribution is 7.13. The minimum absolute atomic E-state index is 0.0278. The van der Waals surface area contributed by atoms with E-state index in [9.17, 15) is 13.6 Å². The van der Waals surface area contributed by atoms with Crippen LogP contribution in [0.3, 0.4) is 0 Å². The second-order valence-electron chi connectivity index (χ2n) is 6.17. The van der Waals surface area contributed by atoms with Gasteiger partial charge in [-0.1, -0.05) is 35.9 Å². The smallest absolute Gasteiger partial charge is 0.226 e. The van der Waals surface area contributed by atoms with Crippen LogP contribution in [0.2, 0.25) is 5.02 Å². The van der Waals surface area contributed by atoms with Crippen molar-refractivity contribution < 1.29 is 13.6 Å². The molecule has 1 aromatic heterocycles. The zero-order chi connectivity index (χ0) is 19.4. The molecule has 1 amide bonds. The zero-order valence-corrected chi connectivity index (χ0v) is 16.1. The van der Waals surface area contributed by atoms with E-state index in [0.717, 1.165) is 10.6 Å². The van der Waals surface area contributed by atoms with Gasteiger partial charge in [-0.15, -0.1) is 11.3 Å². The Kier molecular flexibility index (Phi) is 6.19. The van der Waals surface area contributed by atoms with Gasteiger partial charge in [-0.3, -0.25) is 4.79 Å². The highest BCUT2D eigenvalue weighted by Crippen LogP contribution is 2.30. The van der Waals surface area contributed by atoms with Crippen molar-refractivity contribution in [3.05, 3.63) is 75.8 Å². The number of benzene rings is 2. The fourth-order valence-electron chi connectivity index (χ4n) is 2.72. The van der Waals surface area contributed by atoms with Crippen LogP contribution < -0.4 is 5.32 Å². The second-order valence-corrected chi connectivity index (χ2v) is 7.44. The van der Waals surface area contributed by atoms with Crippen molar-refractivity contribution in [1.82, 2.24) is 10.3 Å². The molecule has 0 aliphatic heterocycles. The van der Waals surface area contributed by atoms with E-state index < -0.39 is 17.7 Å². The first kappa shape index (κ1) is 19.5. The van der Waals surface area contributed by atoms with E-state index in [-0.39, 0.29) is 24.3 Å². The number of nitrogens with one attached hydrogen (secondary N) is 1. The lowest BCUT2D eigenvalue weighted by Gasteiger charge is -2.14. The van der Waals surface area contributed by atoms with Crippen molar-refractivity contribution in [3.8, 4) is 10.6 Å². The first-order valence-corrected chi connectivity index (χ1v) is 9.61. The van der Waals surface area contributed by atoms with Crippen molar-refractivity contribution in [1.29, 1.82) is 0 Å². The Balaban J connectivity index is 1.60. The topological polar surface area (TPSA) is 42.0 Å². The summed E-state index contributed by atoms with van der Waals surface area (Å²) in [4.78, 5) is 16.7. The maximum atomic E-state index is 13.7. The van der Waals surface area contributed by atoms with Crippen LogP contribution >= 0.6 is 22.9 Å². The average molecular weight is 407 g/mol. The van der Waals surface area contributed by atoms with Crippen LogP contribution in [0, 0.1) is 11.6 Å². The summed E-state index contributed by atoms with van der Waals surface area (Å²) in [6.07, 6.45) is 0.164. The number of thiazole rings is 1. The normalized spacial score (nSPS) is 12.0. The molecule has 0 aliphatic rings. The van der Waals surface area contributed by atoms with E-state index >= 15 is 0 Å². The van der Waals surface area contributed by atoms with Gasteiger partial charge >= 0.3 is 0 Å². The van der Waals surface area contributed by atoms with E-state index in [1.165, 1.54) is 29.5 Å². The molecule has 0 spiro atoms. The largest absolute Gasteiger partial charge is 0.353 e. The van der Waals surface area contributed by atoms with E-state index in [1.807, 2.05) is 18.2 Å². The fraction of sp³-hybridized carbons (Fsp3) is 0.200. The molecular weight excluding hydrogens is 390 g/mol. The molecule has 0 radical (unpaired) electrons. The maximum absolute atomic E-state index is 13.7. The molecule has 3 aromatic rings. The lowest BCUT2D eigenvalue weighted by molar-refractivity contribution is -0.121. The van der Waals surface area contributed by atoms with Crippen LogP contribution in [-0.2, 0) is 17.6 Å². The van der Waals surface area contributed by atoms with Crippen molar-refractivity contribution in [3.63, 3.8) is 0 Å². The van der Waals surface area contributed by atoms with Crippen LogP contribution in [0.15, 0.2) is 47.8 Å². The Hall–Kier alpha value is -2.31. The number of hydrogen-bond donors (Lipinski definition) is 1. The summed E-state index contributed by atoms with van der Waals surface area (Å²) < 4.78 is 27.4. The summed E-state index contributed by atoms with van der Waals surface area (Å²) >= 11 is 7.58. The predicted octanol–water partition coefficient (Wildman–Crippen LogP) is 5.03. The number of carbonyl (C=O) groups excluding carboxylic acids is 1. The lowest BCUT2D eigenvalue weighted by atomic mass is 10.1. The highest BCUT2D eigenvalue weighted by atomic mass is 35.5. The summed E-state index contributed by atoms with van der Waals surface area (Å²) in [5.41, 5.74) is 1.41. The Morgan fingerprint density at radius 2 is 1.89 bits per heavy atom. The van der Waals surface area contributed by atoms with Crippen molar-refractivity contribution in [2.75, 3.05) is 0 Å². The Labute approximate surface area is 165 Å². The fourth-order valence-corrected chi connectivity index (χ4v) is 3.86. The van der Waals surface area contributed by atoms with Crippen LogP contribution in [0.5, 0.6) is 0 Å².